The zero-order chi connectivity index (χ0) is 31.6. The molecule has 0 aromatic rings. The highest BCUT2D eigenvalue weighted by molar-refractivity contribution is 5.80. The van der Waals surface area contributed by atoms with Gasteiger partial charge in [0.25, 0.3) is 0 Å². The van der Waals surface area contributed by atoms with Gasteiger partial charge in [-0.25, -0.2) is 0 Å². The predicted molar refractivity (Wildman–Crippen MR) is 180 cm³/mol. The molecular formula is C37H67NO5. The molecule has 2 N–H and O–H groups in total. The first-order valence-electron chi connectivity index (χ1n) is 18.0. The van der Waals surface area contributed by atoms with Crippen LogP contribution in [0.25, 0.3) is 0 Å². The lowest BCUT2D eigenvalue weighted by Crippen LogP contribution is -2.28. The number of allylic oxidation sites excluding steroid dienone is 3. The van der Waals surface area contributed by atoms with Crippen LogP contribution in [0.2, 0.25) is 0 Å². The molecular weight excluding hydrogens is 538 g/mol. The van der Waals surface area contributed by atoms with E-state index in [1.807, 2.05) is 0 Å². The van der Waals surface area contributed by atoms with Gasteiger partial charge in [0.05, 0.1) is 0 Å². The number of nitrogens with one attached hydrogen (secondary N) is 1. The number of ether oxygens (including phenoxy) is 1. The van der Waals surface area contributed by atoms with Crippen molar-refractivity contribution in [2.45, 2.75) is 187 Å². The molecule has 0 aromatic heterocycles. The molecule has 0 heterocycles. The summed E-state index contributed by atoms with van der Waals surface area (Å²) in [6.07, 6.45) is 37.4. The number of hydrogen-bond acceptors (Lipinski definition) is 4. The first kappa shape index (κ1) is 40.9. The highest BCUT2D eigenvalue weighted by Gasteiger charge is 2.12. The number of carboxylic acids is 1. The Morgan fingerprint density at radius 3 is 1.63 bits per heavy atom. The third-order valence-corrected chi connectivity index (χ3v) is 7.83. The maximum atomic E-state index is 12.6. The fraction of sp³-hybridized carbons (Fsp3) is 0.811. The molecule has 0 saturated heterocycles. The van der Waals surface area contributed by atoms with Crippen molar-refractivity contribution >= 4 is 17.8 Å². The molecule has 0 bridgehead atoms. The number of aliphatic carboxylic acids is 1. The Bertz CT molecular complexity index is 718. The number of unbranched alkanes of at least 4 members (excludes halogenated alkanes) is 19. The average Bonchev–Trinajstić information content (AvgIpc) is 2.99. The van der Waals surface area contributed by atoms with Gasteiger partial charge in [-0.15, -0.1) is 0 Å². The van der Waals surface area contributed by atoms with Crippen molar-refractivity contribution in [3.8, 4) is 0 Å². The molecule has 0 radical (unpaired) electrons. The van der Waals surface area contributed by atoms with Gasteiger partial charge in [-0.1, -0.05) is 122 Å². The van der Waals surface area contributed by atoms with E-state index in [4.69, 9.17) is 9.84 Å². The Kier molecular flexibility index (Phi) is 31.2. The predicted octanol–water partition coefficient (Wildman–Crippen LogP) is 10.4. The fourth-order valence-corrected chi connectivity index (χ4v) is 5.12. The second-order valence-corrected chi connectivity index (χ2v) is 12.1. The first-order chi connectivity index (χ1) is 21.0. The summed E-state index contributed by atoms with van der Waals surface area (Å²) >= 11 is 0. The van der Waals surface area contributed by atoms with Crippen LogP contribution in [0.1, 0.15) is 181 Å². The highest BCUT2D eigenvalue weighted by atomic mass is 16.5. The molecule has 6 nitrogen and oxygen atoms in total. The average molecular weight is 606 g/mol. The van der Waals surface area contributed by atoms with Gasteiger partial charge in [0.2, 0.25) is 5.91 Å². The van der Waals surface area contributed by atoms with Crippen LogP contribution >= 0.6 is 0 Å². The molecule has 6 heteroatoms. The lowest BCUT2D eigenvalue weighted by molar-refractivity contribution is -0.147. The highest BCUT2D eigenvalue weighted by Crippen LogP contribution is 2.15. The number of hydrogen-bond donors (Lipinski definition) is 2. The fourth-order valence-electron chi connectivity index (χ4n) is 5.12. The van der Waals surface area contributed by atoms with Crippen LogP contribution in [-0.2, 0) is 19.1 Å². The Hall–Kier alpha value is -2.11. The van der Waals surface area contributed by atoms with E-state index in [1.54, 1.807) is 0 Å². The van der Waals surface area contributed by atoms with Crippen LogP contribution < -0.4 is 5.32 Å². The molecule has 0 rings (SSSR count). The Labute approximate surface area is 264 Å². The Morgan fingerprint density at radius 2 is 1.07 bits per heavy atom. The molecule has 0 spiro atoms. The Morgan fingerprint density at radius 1 is 0.605 bits per heavy atom. The van der Waals surface area contributed by atoms with Crippen LogP contribution in [0, 0.1) is 0 Å². The number of carbonyl (C=O) groups excluding carboxylic acids is 2. The van der Waals surface area contributed by atoms with Crippen LogP contribution in [0.4, 0.5) is 0 Å². The van der Waals surface area contributed by atoms with Crippen molar-refractivity contribution in [1.82, 2.24) is 5.32 Å². The molecule has 43 heavy (non-hydrogen) atoms. The van der Waals surface area contributed by atoms with Crippen molar-refractivity contribution in [2.75, 3.05) is 6.54 Å². The zero-order valence-electron chi connectivity index (χ0n) is 28.1. The van der Waals surface area contributed by atoms with E-state index < -0.39 is 5.97 Å². The monoisotopic (exact) mass is 606 g/mol. The molecule has 1 unspecified atom stereocenters. The quantitative estimate of drug-likeness (QED) is 0.0452. The summed E-state index contributed by atoms with van der Waals surface area (Å²) in [5.41, 5.74) is 0. The number of amides is 1. The summed E-state index contributed by atoms with van der Waals surface area (Å²) in [4.78, 5) is 34.7. The van der Waals surface area contributed by atoms with Crippen LogP contribution in [0.15, 0.2) is 24.3 Å². The van der Waals surface area contributed by atoms with Crippen molar-refractivity contribution in [2.24, 2.45) is 0 Å². The van der Waals surface area contributed by atoms with Gasteiger partial charge in [-0.3, -0.25) is 14.4 Å². The van der Waals surface area contributed by atoms with Crippen molar-refractivity contribution in [3.63, 3.8) is 0 Å². The minimum absolute atomic E-state index is 0.0923. The van der Waals surface area contributed by atoms with Gasteiger partial charge < -0.3 is 15.2 Å². The van der Waals surface area contributed by atoms with Gasteiger partial charge in [-0.05, 0) is 70.3 Å². The molecule has 0 aliphatic rings. The van der Waals surface area contributed by atoms with Crippen LogP contribution in [0.3, 0.4) is 0 Å². The maximum absolute atomic E-state index is 12.6. The van der Waals surface area contributed by atoms with Crippen molar-refractivity contribution in [3.05, 3.63) is 24.3 Å². The van der Waals surface area contributed by atoms with E-state index in [9.17, 15) is 14.4 Å². The molecule has 0 saturated carbocycles. The second kappa shape index (κ2) is 32.8. The SMILES string of the molecule is CCCCCCC/C=C\C(CCCCCCC(=O)NCC(=O)O)OC(=O)CCCCCCC/C=C\CCCCCCCC. The molecule has 1 amide bonds. The van der Waals surface area contributed by atoms with E-state index >= 15 is 0 Å². The van der Waals surface area contributed by atoms with E-state index in [0.29, 0.717) is 12.8 Å². The summed E-state index contributed by atoms with van der Waals surface area (Å²) < 4.78 is 5.86. The van der Waals surface area contributed by atoms with Gasteiger partial charge >= 0.3 is 11.9 Å². The lowest BCUT2D eigenvalue weighted by atomic mass is 10.1. The maximum Gasteiger partial charge on any atom is 0.322 e. The van der Waals surface area contributed by atoms with Crippen molar-refractivity contribution in [1.29, 1.82) is 0 Å². The normalized spacial score (nSPS) is 12.2. The summed E-state index contributed by atoms with van der Waals surface area (Å²) in [5, 5.41) is 11.0. The lowest BCUT2D eigenvalue weighted by Gasteiger charge is -2.15. The van der Waals surface area contributed by atoms with Gasteiger partial charge in [0, 0.05) is 12.8 Å². The Balaban J connectivity index is 4.11. The molecule has 0 aliphatic carbocycles. The second-order valence-electron chi connectivity index (χ2n) is 12.1. The molecule has 0 aliphatic heterocycles. The summed E-state index contributed by atoms with van der Waals surface area (Å²) in [7, 11) is 0. The summed E-state index contributed by atoms with van der Waals surface area (Å²) in [6, 6.07) is 0. The third kappa shape index (κ3) is 32.6. The topological polar surface area (TPSA) is 92.7 Å². The van der Waals surface area contributed by atoms with Crippen molar-refractivity contribution < 1.29 is 24.2 Å². The number of carboxylic acid groups (broad SMARTS) is 1. The minimum Gasteiger partial charge on any atom is -0.480 e. The minimum atomic E-state index is -1.03. The van der Waals surface area contributed by atoms with Gasteiger partial charge in [0.15, 0.2) is 0 Å². The van der Waals surface area contributed by atoms with E-state index in [2.05, 4.69) is 43.5 Å². The number of carbonyl (C=O) groups is 3. The number of rotatable bonds is 32. The molecule has 250 valence electrons. The molecule has 1 atom stereocenters. The largest absolute Gasteiger partial charge is 0.480 e. The van der Waals surface area contributed by atoms with E-state index in [1.165, 1.54) is 103 Å². The zero-order valence-corrected chi connectivity index (χ0v) is 28.1. The standard InChI is InChI=1S/C37H67NO5/c1-3-5-7-9-11-12-13-14-15-16-17-18-20-22-28-32-37(42)43-34(29-25-21-19-10-8-6-4-2)30-26-23-24-27-31-35(39)38-33-36(40)41/h14-15,25,29,34H,3-13,16-24,26-28,30-33H2,1-2H3,(H,38,39)(H,40,41)/b15-14-,29-25-. The first-order valence-corrected chi connectivity index (χ1v) is 18.0. The third-order valence-electron chi connectivity index (χ3n) is 7.83. The molecule has 0 fully saturated rings. The van der Waals surface area contributed by atoms with E-state index in [0.717, 1.165) is 51.4 Å². The summed E-state index contributed by atoms with van der Waals surface area (Å²) in [5.74, 6) is -1.34. The van der Waals surface area contributed by atoms with Crippen LogP contribution in [0.5, 0.6) is 0 Å². The van der Waals surface area contributed by atoms with E-state index in [-0.39, 0.29) is 24.5 Å². The summed E-state index contributed by atoms with van der Waals surface area (Å²) in [6.45, 7) is 4.16. The van der Waals surface area contributed by atoms with Gasteiger partial charge in [-0.2, -0.15) is 0 Å². The molecule has 0 aromatic carbocycles. The number of esters is 1. The van der Waals surface area contributed by atoms with Crippen LogP contribution in [-0.4, -0.2) is 35.6 Å². The smallest absolute Gasteiger partial charge is 0.322 e. The van der Waals surface area contributed by atoms with Gasteiger partial charge in [0.1, 0.15) is 12.6 Å².